The van der Waals surface area contributed by atoms with Gasteiger partial charge in [-0.15, -0.1) is 0 Å². The van der Waals surface area contributed by atoms with Gasteiger partial charge in [-0.1, -0.05) is 25.1 Å². The summed E-state index contributed by atoms with van der Waals surface area (Å²) in [7, 11) is 0. The highest BCUT2D eigenvalue weighted by molar-refractivity contribution is 6.06. The highest BCUT2D eigenvalue weighted by Crippen LogP contribution is 2.21. The van der Waals surface area contributed by atoms with Crippen LogP contribution in [0.3, 0.4) is 0 Å². The van der Waals surface area contributed by atoms with Crippen molar-refractivity contribution in [2.24, 2.45) is 11.0 Å². The smallest absolute Gasteiger partial charge is 0.240 e. The molecule has 0 aliphatic carbocycles. The number of carbonyl (C=O) groups excluding carboxylic acids is 2. The fourth-order valence-electron chi connectivity index (χ4n) is 2.84. The number of pyridine rings is 1. The van der Waals surface area contributed by atoms with Crippen LogP contribution in [0.1, 0.15) is 30.9 Å². The molecule has 1 unspecified atom stereocenters. The quantitative estimate of drug-likeness (QED) is 0.880. The average Bonchev–Trinajstić information content (AvgIpc) is 2.63. The zero-order valence-corrected chi connectivity index (χ0v) is 14.0. The summed E-state index contributed by atoms with van der Waals surface area (Å²) in [5, 5.41) is 7.08. The predicted molar refractivity (Wildman–Crippen MR) is 96.1 cm³/mol. The normalized spacial score (nSPS) is 16.8. The lowest BCUT2D eigenvalue weighted by Crippen LogP contribution is -2.33. The second-order valence-electron chi connectivity index (χ2n) is 6.00. The average molecular weight is 336 g/mol. The maximum atomic E-state index is 12.1. The number of nitrogens with one attached hydrogen (secondary N) is 2. The van der Waals surface area contributed by atoms with Crippen molar-refractivity contribution in [1.29, 1.82) is 0 Å². The van der Waals surface area contributed by atoms with Crippen LogP contribution in [0, 0.1) is 5.92 Å². The van der Waals surface area contributed by atoms with Crippen molar-refractivity contribution in [2.75, 3.05) is 5.32 Å². The fourth-order valence-corrected chi connectivity index (χ4v) is 2.84. The van der Waals surface area contributed by atoms with Crippen molar-refractivity contribution in [3.63, 3.8) is 0 Å². The number of benzene rings is 1. The Hall–Kier alpha value is -3.02. The molecule has 0 saturated carbocycles. The molecule has 1 aliphatic heterocycles. The SMILES string of the molecule is CCC1CC(=O)NN=C1c1ccc(NC(=O)Cc2cccnc2)cc1. The molecule has 6 nitrogen and oxygen atoms in total. The number of hydrazone groups is 1. The molecular weight excluding hydrogens is 316 g/mol. The first kappa shape index (κ1) is 16.8. The number of aromatic nitrogens is 1. The molecule has 2 heterocycles. The lowest BCUT2D eigenvalue weighted by molar-refractivity contribution is -0.122. The molecule has 3 rings (SSSR count). The van der Waals surface area contributed by atoms with E-state index in [2.05, 4.69) is 20.8 Å². The molecule has 128 valence electrons. The Morgan fingerprint density at radius 3 is 2.76 bits per heavy atom. The van der Waals surface area contributed by atoms with Crippen LogP contribution in [-0.4, -0.2) is 22.5 Å². The highest BCUT2D eigenvalue weighted by atomic mass is 16.2. The van der Waals surface area contributed by atoms with Gasteiger partial charge in [0, 0.05) is 30.4 Å². The lowest BCUT2D eigenvalue weighted by atomic mass is 9.90. The van der Waals surface area contributed by atoms with Crippen molar-refractivity contribution < 1.29 is 9.59 Å². The van der Waals surface area contributed by atoms with E-state index in [1.165, 1.54) is 0 Å². The summed E-state index contributed by atoms with van der Waals surface area (Å²) in [5.41, 5.74) is 5.98. The largest absolute Gasteiger partial charge is 0.326 e. The molecule has 1 aromatic heterocycles. The van der Waals surface area contributed by atoms with Crippen LogP contribution in [-0.2, 0) is 16.0 Å². The highest BCUT2D eigenvalue weighted by Gasteiger charge is 2.23. The molecule has 0 bridgehead atoms. The van der Waals surface area contributed by atoms with E-state index in [1.807, 2.05) is 43.3 Å². The third-order valence-electron chi connectivity index (χ3n) is 4.16. The number of amides is 2. The van der Waals surface area contributed by atoms with Gasteiger partial charge in [-0.2, -0.15) is 5.10 Å². The van der Waals surface area contributed by atoms with E-state index < -0.39 is 0 Å². The summed E-state index contributed by atoms with van der Waals surface area (Å²) >= 11 is 0. The summed E-state index contributed by atoms with van der Waals surface area (Å²) in [6.07, 6.45) is 4.96. The van der Waals surface area contributed by atoms with Gasteiger partial charge in [0.15, 0.2) is 0 Å². The number of hydrogen-bond acceptors (Lipinski definition) is 4. The maximum absolute atomic E-state index is 12.1. The lowest BCUT2D eigenvalue weighted by Gasteiger charge is -2.21. The first-order valence-corrected chi connectivity index (χ1v) is 8.31. The minimum absolute atomic E-state index is 0.0464. The summed E-state index contributed by atoms with van der Waals surface area (Å²) in [4.78, 5) is 27.6. The first-order chi connectivity index (χ1) is 12.2. The van der Waals surface area contributed by atoms with Gasteiger partial charge in [0.1, 0.15) is 0 Å². The maximum Gasteiger partial charge on any atom is 0.240 e. The van der Waals surface area contributed by atoms with Crippen LogP contribution in [0.5, 0.6) is 0 Å². The van der Waals surface area contributed by atoms with Crippen LogP contribution < -0.4 is 10.7 Å². The molecule has 0 fully saturated rings. The Morgan fingerprint density at radius 2 is 2.08 bits per heavy atom. The third-order valence-corrected chi connectivity index (χ3v) is 4.16. The second-order valence-corrected chi connectivity index (χ2v) is 6.00. The molecule has 2 aromatic rings. The molecule has 2 N–H and O–H groups in total. The number of rotatable bonds is 5. The second kappa shape index (κ2) is 7.70. The molecule has 1 aromatic carbocycles. The number of carbonyl (C=O) groups is 2. The van der Waals surface area contributed by atoms with Gasteiger partial charge in [-0.3, -0.25) is 14.6 Å². The third kappa shape index (κ3) is 4.29. The van der Waals surface area contributed by atoms with E-state index in [4.69, 9.17) is 0 Å². The Kier molecular flexibility index (Phi) is 5.18. The zero-order chi connectivity index (χ0) is 17.6. The molecule has 25 heavy (non-hydrogen) atoms. The van der Waals surface area contributed by atoms with Crippen molar-refractivity contribution in [1.82, 2.24) is 10.4 Å². The van der Waals surface area contributed by atoms with E-state index >= 15 is 0 Å². The van der Waals surface area contributed by atoms with Crippen LogP contribution >= 0.6 is 0 Å². The number of hydrogen-bond donors (Lipinski definition) is 2. The topological polar surface area (TPSA) is 83.5 Å². The summed E-state index contributed by atoms with van der Waals surface area (Å²) in [6.45, 7) is 2.05. The molecule has 2 amide bonds. The van der Waals surface area contributed by atoms with Crippen LogP contribution in [0.2, 0.25) is 0 Å². The summed E-state index contributed by atoms with van der Waals surface area (Å²) in [5.74, 6) is -0.0101. The van der Waals surface area contributed by atoms with Gasteiger partial charge < -0.3 is 5.32 Å². The molecular formula is C19H20N4O2. The van der Waals surface area contributed by atoms with Crippen LogP contribution in [0.25, 0.3) is 0 Å². The summed E-state index contributed by atoms with van der Waals surface area (Å²) in [6, 6.07) is 11.2. The fraction of sp³-hybridized carbons (Fsp3) is 0.263. The van der Waals surface area contributed by atoms with Gasteiger partial charge in [-0.25, -0.2) is 5.43 Å². The molecule has 6 heteroatoms. The molecule has 1 atom stereocenters. The Bertz CT molecular complexity index is 785. The van der Waals surface area contributed by atoms with E-state index in [1.54, 1.807) is 12.4 Å². The van der Waals surface area contributed by atoms with E-state index in [9.17, 15) is 9.59 Å². The van der Waals surface area contributed by atoms with Crippen LogP contribution in [0.15, 0.2) is 53.9 Å². The standard InChI is InChI=1S/C19H20N4O2/c1-2-14-11-18(25)22-23-19(14)15-5-7-16(8-6-15)21-17(24)10-13-4-3-9-20-12-13/h3-9,12,14H,2,10-11H2,1H3,(H,21,24)(H,22,25). The van der Waals surface area contributed by atoms with Gasteiger partial charge in [0.25, 0.3) is 0 Å². The van der Waals surface area contributed by atoms with Gasteiger partial charge in [0.2, 0.25) is 11.8 Å². The number of anilines is 1. The van der Waals surface area contributed by atoms with Crippen molar-refractivity contribution >= 4 is 23.2 Å². The van der Waals surface area contributed by atoms with Gasteiger partial charge in [-0.05, 0) is 35.7 Å². The summed E-state index contributed by atoms with van der Waals surface area (Å²) < 4.78 is 0. The number of nitrogens with zero attached hydrogens (tertiary/aromatic N) is 2. The van der Waals surface area contributed by atoms with Crippen molar-refractivity contribution in [2.45, 2.75) is 26.2 Å². The van der Waals surface area contributed by atoms with Crippen LogP contribution in [0.4, 0.5) is 5.69 Å². The zero-order valence-electron chi connectivity index (χ0n) is 14.0. The molecule has 0 saturated heterocycles. The molecule has 1 aliphatic rings. The minimum Gasteiger partial charge on any atom is -0.326 e. The van der Waals surface area contributed by atoms with Gasteiger partial charge in [0.05, 0.1) is 12.1 Å². The first-order valence-electron chi connectivity index (χ1n) is 8.31. The van der Waals surface area contributed by atoms with Crippen molar-refractivity contribution in [3.05, 3.63) is 59.9 Å². The predicted octanol–water partition coefficient (Wildman–Crippen LogP) is 2.51. The molecule has 0 spiro atoms. The Labute approximate surface area is 146 Å². The Balaban J connectivity index is 1.66. The monoisotopic (exact) mass is 336 g/mol. The van der Waals surface area contributed by atoms with E-state index in [0.29, 0.717) is 6.42 Å². The molecule has 0 radical (unpaired) electrons. The van der Waals surface area contributed by atoms with E-state index in [-0.39, 0.29) is 24.2 Å². The van der Waals surface area contributed by atoms with E-state index in [0.717, 1.165) is 28.9 Å². The minimum atomic E-state index is -0.0885. The van der Waals surface area contributed by atoms with Gasteiger partial charge >= 0.3 is 0 Å². The van der Waals surface area contributed by atoms with Crippen molar-refractivity contribution in [3.8, 4) is 0 Å². The Morgan fingerprint density at radius 1 is 1.28 bits per heavy atom.